The Hall–Kier alpha value is -1.58. The maximum atomic E-state index is 12.9. The molecule has 1 aromatic carbocycles. The SMILES string of the molecule is O=C1Nc2cc(S(=O)(=O)N3CCCC3)ccc2S[C@H]1C(=O)N1CCCCCC1. The lowest BCUT2D eigenvalue weighted by atomic mass is 10.2. The minimum atomic E-state index is -3.54. The van der Waals surface area contributed by atoms with Crippen molar-refractivity contribution in [3.63, 3.8) is 0 Å². The van der Waals surface area contributed by atoms with Gasteiger partial charge in [0.15, 0.2) is 5.25 Å². The van der Waals surface area contributed by atoms with Gasteiger partial charge in [-0.3, -0.25) is 9.59 Å². The number of benzene rings is 1. The van der Waals surface area contributed by atoms with Gasteiger partial charge in [-0.15, -0.1) is 11.8 Å². The summed E-state index contributed by atoms with van der Waals surface area (Å²) in [6.45, 7) is 2.46. The first-order valence-electron chi connectivity index (χ1n) is 9.87. The fourth-order valence-electron chi connectivity index (χ4n) is 3.95. The predicted octanol–water partition coefficient (Wildman–Crippen LogP) is 2.29. The van der Waals surface area contributed by atoms with Crippen molar-refractivity contribution in [2.45, 2.75) is 53.6 Å². The van der Waals surface area contributed by atoms with Gasteiger partial charge < -0.3 is 10.2 Å². The lowest BCUT2D eigenvalue weighted by Crippen LogP contribution is -2.45. The highest BCUT2D eigenvalue weighted by molar-refractivity contribution is 8.01. The molecule has 1 aromatic rings. The predicted molar refractivity (Wildman–Crippen MR) is 108 cm³/mol. The molecule has 2 amide bonds. The first kappa shape index (κ1) is 19.7. The van der Waals surface area contributed by atoms with E-state index in [1.807, 2.05) is 0 Å². The van der Waals surface area contributed by atoms with Crippen LogP contribution in [-0.2, 0) is 19.6 Å². The highest BCUT2D eigenvalue weighted by Crippen LogP contribution is 2.38. The number of nitrogens with zero attached hydrogens (tertiary/aromatic N) is 2. The van der Waals surface area contributed by atoms with Gasteiger partial charge in [0.1, 0.15) is 0 Å². The molecule has 3 aliphatic heterocycles. The Bertz CT molecular complexity index is 873. The molecule has 7 nitrogen and oxygen atoms in total. The van der Waals surface area contributed by atoms with E-state index < -0.39 is 15.3 Å². The molecule has 152 valence electrons. The Morgan fingerprint density at radius 2 is 1.64 bits per heavy atom. The van der Waals surface area contributed by atoms with E-state index in [4.69, 9.17) is 0 Å². The van der Waals surface area contributed by atoms with E-state index in [0.717, 1.165) is 43.4 Å². The van der Waals surface area contributed by atoms with Crippen molar-refractivity contribution >= 4 is 39.3 Å². The average Bonchev–Trinajstić information content (AvgIpc) is 3.10. The van der Waals surface area contributed by atoms with Crippen LogP contribution in [0.2, 0.25) is 0 Å². The summed E-state index contributed by atoms with van der Waals surface area (Å²) in [6.07, 6.45) is 5.92. The number of sulfonamides is 1. The van der Waals surface area contributed by atoms with Gasteiger partial charge in [-0.25, -0.2) is 8.42 Å². The normalized spacial score (nSPS) is 23.8. The van der Waals surface area contributed by atoms with E-state index in [1.54, 1.807) is 17.0 Å². The summed E-state index contributed by atoms with van der Waals surface area (Å²) in [5.41, 5.74) is 0.468. The molecule has 3 aliphatic rings. The molecule has 9 heteroatoms. The van der Waals surface area contributed by atoms with Crippen molar-refractivity contribution in [2.75, 3.05) is 31.5 Å². The van der Waals surface area contributed by atoms with E-state index in [-0.39, 0.29) is 16.7 Å². The average molecular weight is 424 g/mol. The number of carbonyl (C=O) groups is 2. The van der Waals surface area contributed by atoms with Crippen LogP contribution in [0.1, 0.15) is 38.5 Å². The lowest BCUT2D eigenvalue weighted by molar-refractivity contribution is -0.133. The number of rotatable bonds is 3. The van der Waals surface area contributed by atoms with E-state index in [1.165, 1.54) is 22.1 Å². The summed E-state index contributed by atoms with van der Waals surface area (Å²) in [5.74, 6) is -0.522. The largest absolute Gasteiger partial charge is 0.341 e. The first-order valence-corrected chi connectivity index (χ1v) is 12.2. The van der Waals surface area contributed by atoms with Gasteiger partial charge in [-0.05, 0) is 43.9 Å². The summed E-state index contributed by atoms with van der Waals surface area (Å²) in [7, 11) is -3.54. The lowest BCUT2D eigenvalue weighted by Gasteiger charge is -2.29. The summed E-state index contributed by atoms with van der Waals surface area (Å²) in [6, 6.07) is 4.79. The van der Waals surface area contributed by atoms with Crippen molar-refractivity contribution in [1.29, 1.82) is 0 Å². The summed E-state index contributed by atoms with van der Waals surface area (Å²) < 4.78 is 27.0. The van der Waals surface area contributed by atoms with Gasteiger partial charge >= 0.3 is 0 Å². The number of carbonyl (C=O) groups excluding carboxylic acids is 2. The Labute approximate surface area is 169 Å². The molecule has 28 heavy (non-hydrogen) atoms. The van der Waals surface area contributed by atoms with Gasteiger partial charge in [-0.2, -0.15) is 4.31 Å². The Balaban J connectivity index is 1.54. The number of fused-ring (bicyclic) bond motifs is 1. The van der Waals surface area contributed by atoms with Crippen molar-refractivity contribution in [3.8, 4) is 0 Å². The van der Waals surface area contributed by atoms with Crippen molar-refractivity contribution in [1.82, 2.24) is 9.21 Å². The number of nitrogens with one attached hydrogen (secondary N) is 1. The summed E-state index contributed by atoms with van der Waals surface area (Å²) in [5, 5.41) is 1.95. The zero-order valence-electron chi connectivity index (χ0n) is 15.7. The molecule has 4 rings (SSSR count). The fraction of sp³-hybridized carbons (Fsp3) is 0.579. The molecule has 0 saturated carbocycles. The molecule has 0 spiro atoms. The third kappa shape index (κ3) is 3.79. The molecule has 3 heterocycles. The standard InChI is InChI=1S/C19H25N3O4S2/c23-18-17(19(24)21-9-3-1-2-4-10-21)27-16-8-7-14(13-15(16)20-18)28(25,26)22-11-5-6-12-22/h7-8,13,17H,1-6,9-12H2,(H,20,23)/t17-/m1/s1. The molecular formula is C19H25N3O4S2. The highest BCUT2D eigenvalue weighted by Gasteiger charge is 2.37. The molecule has 0 bridgehead atoms. The Kier molecular flexibility index (Phi) is 5.66. The molecule has 1 atom stereocenters. The second-order valence-corrected chi connectivity index (χ2v) is 10.6. The van der Waals surface area contributed by atoms with Gasteiger partial charge in [0, 0.05) is 31.1 Å². The highest BCUT2D eigenvalue weighted by atomic mass is 32.2. The number of amides is 2. The third-order valence-electron chi connectivity index (χ3n) is 5.54. The zero-order chi connectivity index (χ0) is 19.7. The molecule has 0 unspecified atom stereocenters. The number of likely N-dealkylation sites (tertiary alicyclic amines) is 1. The van der Waals surface area contributed by atoms with E-state index in [2.05, 4.69) is 5.32 Å². The number of thioether (sulfide) groups is 1. The van der Waals surface area contributed by atoms with Crippen molar-refractivity contribution in [2.24, 2.45) is 0 Å². The molecule has 0 aliphatic carbocycles. The third-order valence-corrected chi connectivity index (χ3v) is 8.69. The fourth-order valence-corrected chi connectivity index (χ4v) is 6.54. The minimum absolute atomic E-state index is 0.149. The topological polar surface area (TPSA) is 86.8 Å². The van der Waals surface area contributed by atoms with Crippen molar-refractivity contribution in [3.05, 3.63) is 18.2 Å². The second-order valence-electron chi connectivity index (χ2n) is 7.50. The van der Waals surface area contributed by atoms with Gasteiger partial charge in [0.05, 0.1) is 10.6 Å². The number of anilines is 1. The number of hydrogen-bond acceptors (Lipinski definition) is 5. The van der Waals surface area contributed by atoms with Crippen LogP contribution >= 0.6 is 11.8 Å². The van der Waals surface area contributed by atoms with Crippen LogP contribution in [0.3, 0.4) is 0 Å². The second kappa shape index (κ2) is 8.04. The quantitative estimate of drug-likeness (QED) is 0.754. The molecular weight excluding hydrogens is 398 g/mol. The smallest absolute Gasteiger partial charge is 0.247 e. The van der Waals surface area contributed by atoms with E-state index in [9.17, 15) is 18.0 Å². The number of hydrogen-bond donors (Lipinski definition) is 1. The van der Waals surface area contributed by atoms with Gasteiger partial charge in [-0.1, -0.05) is 12.8 Å². The minimum Gasteiger partial charge on any atom is -0.341 e. The molecule has 2 fully saturated rings. The monoisotopic (exact) mass is 423 g/mol. The first-order chi connectivity index (χ1) is 13.5. The summed E-state index contributed by atoms with van der Waals surface area (Å²) >= 11 is 1.21. The zero-order valence-corrected chi connectivity index (χ0v) is 17.4. The van der Waals surface area contributed by atoms with Gasteiger partial charge in [0.2, 0.25) is 21.8 Å². The van der Waals surface area contributed by atoms with Crippen LogP contribution in [0.4, 0.5) is 5.69 Å². The van der Waals surface area contributed by atoms with E-state index >= 15 is 0 Å². The summed E-state index contributed by atoms with van der Waals surface area (Å²) in [4.78, 5) is 28.2. The maximum absolute atomic E-state index is 12.9. The molecule has 1 N–H and O–H groups in total. The molecule has 2 saturated heterocycles. The van der Waals surface area contributed by atoms with Crippen LogP contribution in [0.5, 0.6) is 0 Å². The maximum Gasteiger partial charge on any atom is 0.247 e. The van der Waals surface area contributed by atoms with Gasteiger partial charge in [0.25, 0.3) is 0 Å². The van der Waals surface area contributed by atoms with Crippen LogP contribution in [0.25, 0.3) is 0 Å². The van der Waals surface area contributed by atoms with Crippen LogP contribution < -0.4 is 5.32 Å². The van der Waals surface area contributed by atoms with E-state index in [0.29, 0.717) is 31.9 Å². The molecule has 0 radical (unpaired) electrons. The van der Waals surface area contributed by atoms with Crippen LogP contribution in [0.15, 0.2) is 28.0 Å². The van der Waals surface area contributed by atoms with Crippen LogP contribution in [0, 0.1) is 0 Å². The Morgan fingerprint density at radius 1 is 1.00 bits per heavy atom. The van der Waals surface area contributed by atoms with Crippen molar-refractivity contribution < 1.29 is 18.0 Å². The molecule has 0 aromatic heterocycles. The Morgan fingerprint density at radius 3 is 2.32 bits per heavy atom. The van der Waals surface area contributed by atoms with Crippen LogP contribution in [-0.4, -0.2) is 60.9 Å².